The number of anilines is 1. The number of halogens is 1. The maximum absolute atomic E-state index is 12.4. The first-order valence-corrected chi connectivity index (χ1v) is 9.80. The second-order valence-electron chi connectivity index (χ2n) is 7.15. The molecule has 1 aliphatic rings. The summed E-state index contributed by atoms with van der Waals surface area (Å²) in [6.45, 7) is 3.66. The zero-order chi connectivity index (χ0) is 21.0. The van der Waals surface area contributed by atoms with Crippen LogP contribution in [0.1, 0.15) is 30.5 Å². The minimum Gasteiger partial charge on any atom is -0.455 e. The summed E-state index contributed by atoms with van der Waals surface area (Å²) in [6, 6.07) is 14.7. The molecule has 0 spiro atoms. The van der Waals surface area contributed by atoms with Crippen LogP contribution in [0.25, 0.3) is 0 Å². The molecule has 7 heteroatoms. The molecule has 2 amide bonds. The van der Waals surface area contributed by atoms with E-state index < -0.39 is 24.4 Å². The van der Waals surface area contributed by atoms with Gasteiger partial charge in [-0.15, -0.1) is 0 Å². The van der Waals surface area contributed by atoms with Crippen LogP contribution < -0.4 is 5.32 Å². The van der Waals surface area contributed by atoms with E-state index >= 15 is 0 Å². The van der Waals surface area contributed by atoms with Gasteiger partial charge < -0.3 is 15.0 Å². The molecule has 29 heavy (non-hydrogen) atoms. The summed E-state index contributed by atoms with van der Waals surface area (Å²) >= 11 is 6.03. The Morgan fingerprint density at radius 2 is 1.97 bits per heavy atom. The summed E-state index contributed by atoms with van der Waals surface area (Å²) in [4.78, 5) is 38.4. The molecule has 1 saturated heterocycles. The Kier molecular flexibility index (Phi) is 6.54. The fourth-order valence-corrected chi connectivity index (χ4v) is 3.48. The van der Waals surface area contributed by atoms with E-state index in [1.165, 1.54) is 0 Å². The van der Waals surface area contributed by atoms with E-state index in [-0.39, 0.29) is 24.9 Å². The van der Waals surface area contributed by atoms with E-state index in [1.54, 1.807) is 23.1 Å². The topological polar surface area (TPSA) is 75.7 Å². The van der Waals surface area contributed by atoms with Crippen molar-refractivity contribution in [1.29, 1.82) is 0 Å². The number of nitrogens with zero attached hydrogens (tertiary/aromatic N) is 1. The van der Waals surface area contributed by atoms with Crippen LogP contribution in [0, 0.1) is 12.8 Å². The van der Waals surface area contributed by atoms with Crippen molar-refractivity contribution in [2.45, 2.75) is 26.3 Å². The summed E-state index contributed by atoms with van der Waals surface area (Å²) in [5.74, 6) is -1.67. The third kappa shape index (κ3) is 5.15. The van der Waals surface area contributed by atoms with Crippen LogP contribution in [-0.2, 0) is 19.1 Å². The predicted molar refractivity (Wildman–Crippen MR) is 110 cm³/mol. The number of aryl methyl sites for hydroxylation is 1. The molecule has 2 aromatic rings. The first-order chi connectivity index (χ1) is 13.8. The van der Waals surface area contributed by atoms with E-state index in [4.69, 9.17) is 16.3 Å². The highest BCUT2D eigenvalue weighted by Gasteiger charge is 2.38. The molecule has 3 rings (SSSR count). The minimum atomic E-state index is -0.574. The average molecular weight is 415 g/mol. The summed E-state index contributed by atoms with van der Waals surface area (Å²) in [5, 5.41) is 3.17. The van der Waals surface area contributed by atoms with Gasteiger partial charge in [0.1, 0.15) is 0 Å². The van der Waals surface area contributed by atoms with Crippen LogP contribution in [0.15, 0.2) is 48.5 Å². The van der Waals surface area contributed by atoms with Crippen LogP contribution >= 0.6 is 11.6 Å². The summed E-state index contributed by atoms with van der Waals surface area (Å²) < 4.78 is 5.13. The van der Waals surface area contributed by atoms with Gasteiger partial charge in [0.2, 0.25) is 5.91 Å². The first kappa shape index (κ1) is 20.9. The Bertz CT molecular complexity index is 916. The Morgan fingerprint density at radius 1 is 1.24 bits per heavy atom. The number of carbonyl (C=O) groups is 3. The number of carbonyl (C=O) groups excluding carboxylic acids is 3. The van der Waals surface area contributed by atoms with Crippen LogP contribution in [0.3, 0.4) is 0 Å². The molecule has 0 unspecified atom stereocenters. The Morgan fingerprint density at radius 3 is 2.66 bits per heavy atom. The van der Waals surface area contributed by atoms with Gasteiger partial charge in [-0.3, -0.25) is 14.4 Å². The fraction of sp³-hybridized carbons (Fsp3) is 0.318. The van der Waals surface area contributed by atoms with Gasteiger partial charge in [-0.05, 0) is 37.1 Å². The Labute approximate surface area is 174 Å². The molecular weight excluding hydrogens is 392 g/mol. The summed E-state index contributed by atoms with van der Waals surface area (Å²) in [6.07, 6.45) is 0.0885. The minimum absolute atomic E-state index is 0.0885. The van der Waals surface area contributed by atoms with Crippen molar-refractivity contribution in [1.82, 2.24) is 4.90 Å². The summed E-state index contributed by atoms with van der Waals surface area (Å²) in [5.41, 5.74) is 2.43. The lowest BCUT2D eigenvalue weighted by molar-refractivity contribution is -0.151. The Hall–Kier alpha value is -2.86. The van der Waals surface area contributed by atoms with Crippen LogP contribution in [0.4, 0.5) is 5.69 Å². The molecule has 1 aliphatic heterocycles. The number of likely N-dealkylation sites (tertiary alicyclic amines) is 1. The number of rotatable bonds is 6. The largest absolute Gasteiger partial charge is 0.455 e. The molecule has 6 nitrogen and oxygen atoms in total. The SMILES string of the molecule is Cc1ccc(NC(=O)COC(=O)[C@@H]2CC(=O)N([C@@H](C)c3ccccc3)C2)cc1Cl. The average Bonchev–Trinajstić information content (AvgIpc) is 3.11. The lowest BCUT2D eigenvalue weighted by Gasteiger charge is -2.25. The zero-order valence-corrected chi connectivity index (χ0v) is 17.1. The van der Waals surface area contributed by atoms with Crippen LogP contribution in [0.2, 0.25) is 5.02 Å². The van der Waals surface area contributed by atoms with E-state index in [0.717, 1.165) is 11.1 Å². The maximum atomic E-state index is 12.4. The Balaban J connectivity index is 1.51. The molecule has 2 aromatic carbocycles. The second-order valence-corrected chi connectivity index (χ2v) is 7.56. The van der Waals surface area contributed by atoms with Gasteiger partial charge in [0.15, 0.2) is 6.61 Å². The van der Waals surface area contributed by atoms with Gasteiger partial charge in [0.25, 0.3) is 5.91 Å². The first-order valence-electron chi connectivity index (χ1n) is 9.42. The molecule has 152 valence electrons. The van der Waals surface area contributed by atoms with Crippen molar-refractivity contribution in [3.63, 3.8) is 0 Å². The van der Waals surface area contributed by atoms with E-state index in [1.807, 2.05) is 44.2 Å². The third-order valence-corrected chi connectivity index (χ3v) is 5.45. The normalized spacial score (nSPS) is 17.1. The highest BCUT2D eigenvalue weighted by molar-refractivity contribution is 6.31. The highest BCUT2D eigenvalue weighted by atomic mass is 35.5. The monoisotopic (exact) mass is 414 g/mol. The molecule has 2 atom stereocenters. The number of esters is 1. The molecule has 0 aromatic heterocycles. The highest BCUT2D eigenvalue weighted by Crippen LogP contribution is 2.29. The van der Waals surface area contributed by atoms with Gasteiger partial charge in [0, 0.05) is 23.7 Å². The quantitative estimate of drug-likeness (QED) is 0.730. The molecule has 1 N–H and O–H groups in total. The van der Waals surface area contributed by atoms with Crippen LogP contribution in [0.5, 0.6) is 0 Å². The van der Waals surface area contributed by atoms with Crippen molar-refractivity contribution in [2.75, 3.05) is 18.5 Å². The number of nitrogens with one attached hydrogen (secondary N) is 1. The molecular formula is C22H23ClN2O4. The van der Waals surface area contributed by atoms with Gasteiger partial charge in [-0.25, -0.2) is 0 Å². The number of benzene rings is 2. The molecule has 0 bridgehead atoms. The third-order valence-electron chi connectivity index (χ3n) is 5.04. The number of hydrogen-bond donors (Lipinski definition) is 1. The van der Waals surface area contributed by atoms with Gasteiger partial charge in [-0.2, -0.15) is 0 Å². The van der Waals surface area contributed by atoms with Crippen LogP contribution in [-0.4, -0.2) is 35.8 Å². The van der Waals surface area contributed by atoms with Gasteiger partial charge in [0.05, 0.1) is 12.0 Å². The summed E-state index contributed by atoms with van der Waals surface area (Å²) in [7, 11) is 0. The van der Waals surface area contributed by atoms with Gasteiger partial charge >= 0.3 is 5.97 Å². The maximum Gasteiger partial charge on any atom is 0.311 e. The standard InChI is InChI=1S/C22H23ClN2O4/c1-14-8-9-18(11-19(14)23)24-20(26)13-29-22(28)17-10-21(27)25(12-17)15(2)16-6-4-3-5-7-16/h3-9,11,15,17H,10,12-13H2,1-2H3,(H,24,26)/t15-,17+/m0/s1. The molecule has 0 saturated carbocycles. The smallest absolute Gasteiger partial charge is 0.311 e. The van der Waals surface area contributed by atoms with Crippen molar-refractivity contribution in [2.24, 2.45) is 5.92 Å². The molecule has 0 aliphatic carbocycles. The van der Waals surface area contributed by atoms with E-state index in [0.29, 0.717) is 10.7 Å². The number of hydrogen-bond acceptors (Lipinski definition) is 4. The molecule has 1 heterocycles. The van der Waals surface area contributed by atoms with E-state index in [2.05, 4.69) is 5.32 Å². The predicted octanol–water partition coefficient (Wildman–Crippen LogP) is 3.74. The lowest BCUT2D eigenvalue weighted by Crippen LogP contribution is -2.30. The van der Waals surface area contributed by atoms with Crippen molar-refractivity contribution < 1.29 is 19.1 Å². The number of amides is 2. The zero-order valence-electron chi connectivity index (χ0n) is 16.4. The van der Waals surface area contributed by atoms with Crippen molar-refractivity contribution in [3.05, 3.63) is 64.7 Å². The van der Waals surface area contributed by atoms with Crippen molar-refractivity contribution in [3.8, 4) is 0 Å². The van der Waals surface area contributed by atoms with E-state index in [9.17, 15) is 14.4 Å². The van der Waals surface area contributed by atoms with Crippen molar-refractivity contribution >= 4 is 35.1 Å². The number of ether oxygens (including phenoxy) is 1. The lowest BCUT2D eigenvalue weighted by atomic mass is 10.1. The fourth-order valence-electron chi connectivity index (χ4n) is 3.30. The van der Waals surface area contributed by atoms with Gasteiger partial charge in [-0.1, -0.05) is 48.0 Å². The molecule has 0 radical (unpaired) electrons. The molecule has 1 fully saturated rings. The second kappa shape index (κ2) is 9.09.